The number of ether oxygens (including phenoxy) is 2. The number of carbonyl (C=O) groups is 1. The van der Waals surface area contributed by atoms with Crippen LogP contribution in [0.2, 0.25) is 0 Å². The molecular formula is C20H20N4O6S. The minimum atomic E-state index is -4.04. The Labute approximate surface area is 178 Å². The molecule has 0 saturated carbocycles. The number of hydrogen-bond donors (Lipinski definition) is 3. The van der Waals surface area contributed by atoms with E-state index in [-0.39, 0.29) is 22.0 Å². The molecule has 162 valence electrons. The van der Waals surface area contributed by atoms with Gasteiger partial charge in [0.1, 0.15) is 22.1 Å². The molecule has 1 heterocycles. The summed E-state index contributed by atoms with van der Waals surface area (Å²) >= 11 is 0. The summed E-state index contributed by atoms with van der Waals surface area (Å²) in [5, 5.41) is 8.34. The van der Waals surface area contributed by atoms with Crippen LogP contribution in [0.15, 0.2) is 64.3 Å². The highest BCUT2D eigenvalue weighted by Gasteiger charge is 2.21. The second-order valence-electron chi connectivity index (χ2n) is 6.19. The molecule has 2 aromatic carbocycles. The van der Waals surface area contributed by atoms with Gasteiger partial charge in [-0.3, -0.25) is 14.3 Å². The third-order valence-corrected chi connectivity index (χ3v) is 5.44. The molecule has 10 nitrogen and oxygen atoms in total. The summed E-state index contributed by atoms with van der Waals surface area (Å²) in [5.41, 5.74) is 0.0466. The van der Waals surface area contributed by atoms with E-state index >= 15 is 0 Å². The molecule has 11 heteroatoms. The minimum absolute atomic E-state index is 0.0349. The lowest BCUT2D eigenvalue weighted by Gasteiger charge is -2.14. The molecule has 3 N–H and O–H groups in total. The van der Waals surface area contributed by atoms with Crippen molar-refractivity contribution in [1.29, 1.82) is 0 Å². The van der Waals surface area contributed by atoms with E-state index < -0.39 is 21.5 Å². The van der Waals surface area contributed by atoms with Gasteiger partial charge in [0.15, 0.2) is 0 Å². The van der Waals surface area contributed by atoms with Crippen molar-refractivity contribution in [3.63, 3.8) is 0 Å². The van der Waals surface area contributed by atoms with Crippen molar-refractivity contribution in [2.75, 3.05) is 23.8 Å². The average Bonchev–Trinajstić information content (AvgIpc) is 2.75. The van der Waals surface area contributed by atoms with Crippen molar-refractivity contribution >= 4 is 27.3 Å². The standard InChI is InChI=1S/C20H20N4O6S/c1-3-30-15-7-4-13(5-8-15)24-31(27,28)18-12-14(6-10-17(18)29-2)21-20(26)16-9-11-19(25)23-22-16/h4-12,24H,3H2,1-2H3,(H,21,26)(H,23,25). The van der Waals surface area contributed by atoms with E-state index in [0.717, 1.165) is 6.07 Å². The van der Waals surface area contributed by atoms with Gasteiger partial charge in [-0.05, 0) is 55.5 Å². The highest BCUT2D eigenvalue weighted by atomic mass is 32.2. The molecule has 0 saturated heterocycles. The van der Waals surface area contributed by atoms with Crippen molar-refractivity contribution in [2.24, 2.45) is 0 Å². The lowest BCUT2D eigenvalue weighted by molar-refractivity contribution is 0.102. The minimum Gasteiger partial charge on any atom is -0.495 e. The van der Waals surface area contributed by atoms with Gasteiger partial charge in [0.2, 0.25) is 0 Å². The summed E-state index contributed by atoms with van der Waals surface area (Å²) in [4.78, 5) is 23.2. The van der Waals surface area contributed by atoms with Crippen molar-refractivity contribution in [1.82, 2.24) is 10.2 Å². The van der Waals surface area contributed by atoms with Gasteiger partial charge in [-0.1, -0.05) is 0 Å². The summed E-state index contributed by atoms with van der Waals surface area (Å²) in [7, 11) is -2.70. The van der Waals surface area contributed by atoms with Crippen LogP contribution >= 0.6 is 0 Å². The zero-order valence-corrected chi connectivity index (χ0v) is 17.5. The van der Waals surface area contributed by atoms with Crippen molar-refractivity contribution in [2.45, 2.75) is 11.8 Å². The van der Waals surface area contributed by atoms with Crippen LogP contribution < -0.4 is 25.1 Å². The SMILES string of the molecule is CCOc1ccc(NS(=O)(=O)c2cc(NC(=O)c3ccc(=O)[nH]n3)ccc2OC)cc1. The maximum atomic E-state index is 13.0. The number of nitrogens with one attached hydrogen (secondary N) is 3. The Morgan fingerprint density at radius 3 is 2.39 bits per heavy atom. The second kappa shape index (κ2) is 9.30. The van der Waals surface area contributed by atoms with E-state index in [1.165, 1.54) is 31.4 Å². The van der Waals surface area contributed by atoms with Gasteiger partial charge in [-0.2, -0.15) is 5.10 Å². The highest BCUT2D eigenvalue weighted by molar-refractivity contribution is 7.92. The van der Waals surface area contributed by atoms with Crippen molar-refractivity contribution in [3.05, 3.63) is 70.6 Å². The highest BCUT2D eigenvalue weighted by Crippen LogP contribution is 2.29. The van der Waals surface area contributed by atoms with E-state index in [1.807, 2.05) is 6.92 Å². The number of rotatable bonds is 8. The zero-order valence-electron chi connectivity index (χ0n) is 16.7. The summed E-state index contributed by atoms with van der Waals surface area (Å²) in [6, 6.07) is 13.0. The summed E-state index contributed by atoms with van der Waals surface area (Å²) in [5.74, 6) is 0.0893. The van der Waals surface area contributed by atoms with Crippen LogP contribution in [0.1, 0.15) is 17.4 Å². The zero-order chi connectivity index (χ0) is 22.4. The topological polar surface area (TPSA) is 139 Å². The molecule has 0 fully saturated rings. The number of aromatic nitrogens is 2. The first-order chi connectivity index (χ1) is 14.8. The molecule has 31 heavy (non-hydrogen) atoms. The van der Waals surface area contributed by atoms with Gasteiger partial charge in [0, 0.05) is 17.4 Å². The van der Waals surface area contributed by atoms with Gasteiger partial charge in [0.05, 0.1) is 13.7 Å². The molecule has 0 aliphatic rings. The van der Waals surface area contributed by atoms with Gasteiger partial charge in [0.25, 0.3) is 21.5 Å². The number of amides is 1. The molecule has 0 unspecified atom stereocenters. The fraction of sp³-hybridized carbons (Fsp3) is 0.150. The number of H-pyrrole nitrogens is 1. The fourth-order valence-electron chi connectivity index (χ4n) is 2.63. The molecule has 3 rings (SSSR count). The maximum absolute atomic E-state index is 13.0. The van der Waals surface area contributed by atoms with Crippen LogP contribution in [0.25, 0.3) is 0 Å². The molecule has 1 aromatic heterocycles. The van der Waals surface area contributed by atoms with Gasteiger partial charge < -0.3 is 14.8 Å². The maximum Gasteiger partial charge on any atom is 0.276 e. The second-order valence-corrected chi connectivity index (χ2v) is 7.84. The Morgan fingerprint density at radius 1 is 1.06 bits per heavy atom. The van der Waals surface area contributed by atoms with E-state index in [2.05, 4.69) is 20.2 Å². The van der Waals surface area contributed by atoms with Gasteiger partial charge in [-0.15, -0.1) is 0 Å². The molecule has 0 bridgehead atoms. The Kier molecular flexibility index (Phi) is 6.55. The predicted octanol–water partition coefficient (Wildman–Crippen LogP) is 2.23. The molecule has 0 aliphatic carbocycles. The Balaban J connectivity index is 1.85. The molecule has 1 amide bonds. The predicted molar refractivity (Wildman–Crippen MR) is 114 cm³/mol. The quantitative estimate of drug-likeness (QED) is 0.484. The summed E-state index contributed by atoms with van der Waals surface area (Å²) in [6.07, 6.45) is 0. The van der Waals surface area contributed by atoms with E-state index in [1.54, 1.807) is 24.3 Å². The lowest BCUT2D eigenvalue weighted by Crippen LogP contribution is -2.18. The first-order valence-corrected chi connectivity index (χ1v) is 10.6. The number of aromatic amines is 1. The third-order valence-electron chi connectivity index (χ3n) is 4.04. The Hall–Kier alpha value is -3.86. The van der Waals surface area contributed by atoms with E-state index in [4.69, 9.17) is 9.47 Å². The molecular weight excluding hydrogens is 424 g/mol. The van der Waals surface area contributed by atoms with E-state index in [9.17, 15) is 18.0 Å². The smallest absolute Gasteiger partial charge is 0.276 e. The molecule has 0 atom stereocenters. The van der Waals surface area contributed by atoms with Crippen LogP contribution in [0.4, 0.5) is 11.4 Å². The third kappa shape index (κ3) is 5.39. The van der Waals surface area contributed by atoms with Gasteiger partial charge >= 0.3 is 0 Å². The van der Waals surface area contributed by atoms with Crippen LogP contribution in [0.3, 0.4) is 0 Å². The van der Waals surface area contributed by atoms with Crippen LogP contribution in [-0.4, -0.2) is 38.2 Å². The number of sulfonamides is 1. The number of benzene rings is 2. The number of nitrogens with zero attached hydrogens (tertiary/aromatic N) is 1. The molecule has 0 radical (unpaired) electrons. The van der Waals surface area contributed by atoms with Gasteiger partial charge in [-0.25, -0.2) is 13.5 Å². The molecule has 3 aromatic rings. The normalized spacial score (nSPS) is 10.9. The number of anilines is 2. The van der Waals surface area contributed by atoms with Crippen molar-refractivity contribution in [3.8, 4) is 11.5 Å². The fourth-order valence-corrected chi connectivity index (χ4v) is 3.88. The van der Waals surface area contributed by atoms with Crippen LogP contribution in [0.5, 0.6) is 11.5 Å². The van der Waals surface area contributed by atoms with E-state index in [0.29, 0.717) is 18.0 Å². The molecule has 0 spiro atoms. The summed E-state index contributed by atoms with van der Waals surface area (Å²) < 4.78 is 38.9. The molecule has 0 aliphatic heterocycles. The largest absolute Gasteiger partial charge is 0.495 e. The van der Waals surface area contributed by atoms with Crippen molar-refractivity contribution < 1.29 is 22.7 Å². The first-order valence-electron chi connectivity index (χ1n) is 9.13. The first kappa shape index (κ1) is 21.8. The van der Waals surface area contributed by atoms with Crippen LogP contribution in [0, 0.1) is 0 Å². The van der Waals surface area contributed by atoms with Crippen LogP contribution in [-0.2, 0) is 10.0 Å². The Morgan fingerprint density at radius 2 is 1.77 bits per heavy atom. The monoisotopic (exact) mass is 444 g/mol. The average molecular weight is 444 g/mol. The Bertz CT molecular complexity index is 1220. The summed E-state index contributed by atoms with van der Waals surface area (Å²) in [6.45, 7) is 2.34. The number of carbonyl (C=O) groups excluding carboxylic acids is 1. The number of hydrogen-bond acceptors (Lipinski definition) is 7. The lowest BCUT2D eigenvalue weighted by atomic mass is 10.3. The number of methoxy groups -OCH3 is 1.